The number of hydrogen-bond donors (Lipinski definition) is 4. The Balaban J connectivity index is 2.34. The van der Waals surface area contributed by atoms with Gasteiger partial charge in [-0.1, -0.05) is 174 Å². The number of ether oxygens (including phenoxy) is 1. The normalized spacial score (nSPS) is 21.8. The third-order valence-corrected chi connectivity index (χ3v) is 9.82. The summed E-state index contributed by atoms with van der Waals surface area (Å²) in [7, 11) is 0. The first-order valence-electron chi connectivity index (χ1n) is 19.6. The van der Waals surface area contributed by atoms with Crippen LogP contribution in [0.1, 0.15) is 194 Å². The zero-order valence-electron chi connectivity index (χ0n) is 29.8. The first-order valence-corrected chi connectivity index (χ1v) is 19.6. The van der Waals surface area contributed by atoms with Crippen LogP contribution >= 0.6 is 0 Å². The van der Waals surface area contributed by atoms with E-state index in [0.29, 0.717) is 13.0 Å². The first-order chi connectivity index (χ1) is 22.0. The number of aliphatic hydroxyl groups excluding tert-OH is 3. The maximum atomic E-state index is 13.4. The number of unbranched alkanes of at least 4 members (excludes halogenated alkanes) is 25. The van der Waals surface area contributed by atoms with E-state index in [4.69, 9.17) is 10.5 Å². The molecule has 1 aliphatic heterocycles. The van der Waals surface area contributed by atoms with Crippen LogP contribution in [0.2, 0.25) is 0 Å². The lowest BCUT2D eigenvalue weighted by Crippen LogP contribution is -2.67. The molecule has 1 amide bonds. The third-order valence-electron chi connectivity index (χ3n) is 9.82. The average Bonchev–Trinajstić information content (AvgIpc) is 3.04. The first kappa shape index (κ1) is 42.3. The molecule has 0 spiro atoms. The van der Waals surface area contributed by atoms with E-state index in [0.717, 1.165) is 38.5 Å². The van der Waals surface area contributed by atoms with E-state index >= 15 is 0 Å². The molecule has 1 unspecified atom stereocenters. The molecule has 1 aliphatic rings. The predicted octanol–water partition coefficient (Wildman–Crippen LogP) is 8.54. The lowest BCUT2D eigenvalue weighted by atomic mass is 9.95. The van der Waals surface area contributed by atoms with Gasteiger partial charge in [0.2, 0.25) is 5.91 Å². The standard InChI is InChI=1S/C38H76N2O5/c1-3-5-7-9-11-13-15-17-19-21-23-25-27-29-31-40(38-35(39)37(44)36(43)33(32-41)45-38)34(42)30-28-26-24-22-20-18-16-14-12-10-8-6-4-2/h33,35-38,41,43-44H,3-32,39H2,1-2H3/t33-,35-,36-,37-,38?/m1/s1. The van der Waals surface area contributed by atoms with Gasteiger partial charge in [0, 0.05) is 13.0 Å². The minimum atomic E-state index is -1.26. The molecular formula is C38H76N2O5. The molecule has 0 aromatic heterocycles. The second-order valence-corrected chi connectivity index (χ2v) is 14.0. The molecule has 0 aliphatic carbocycles. The molecule has 1 fully saturated rings. The van der Waals surface area contributed by atoms with Gasteiger partial charge in [0.15, 0.2) is 6.23 Å². The van der Waals surface area contributed by atoms with Gasteiger partial charge in [-0.15, -0.1) is 0 Å². The maximum absolute atomic E-state index is 13.4. The van der Waals surface area contributed by atoms with Crippen LogP contribution in [0.15, 0.2) is 0 Å². The highest BCUT2D eigenvalue weighted by molar-refractivity contribution is 5.76. The number of aliphatic hydroxyl groups is 3. The molecule has 0 aromatic rings. The van der Waals surface area contributed by atoms with Crippen LogP contribution in [0.3, 0.4) is 0 Å². The third kappa shape index (κ3) is 20.3. The molecule has 7 heteroatoms. The summed E-state index contributed by atoms with van der Waals surface area (Å²) in [6, 6.07) is -0.912. The Morgan fingerprint density at radius 3 is 1.31 bits per heavy atom. The highest BCUT2D eigenvalue weighted by Gasteiger charge is 2.45. The van der Waals surface area contributed by atoms with Crippen molar-refractivity contribution in [1.82, 2.24) is 4.90 Å². The lowest BCUT2D eigenvalue weighted by Gasteiger charge is -2.45. The van der Waals surface area contributed by atoms with Gasteiger partial charge in [-0.05, 0) is 12.8 Å². The zero-order chi connectivity index (χ0) is 33.0. The fourth-order valence-electron chi connectivity index (χ4n) is 6.71. The average molecular weight is 641 g/mol. The minimum Gasteiger partial charge on any atom is -0.394 e. The predicted molar refractivity (Wildman–Crippen MR) is 188 cm³/mol. The van der Waals surface area contributed by atoms with Gasteiger partial charge in [-0.25, -0.2) is 0 Å². The number of amides is 1. The zero-order valence-corrected chi connectivity index (χ0v) is 29.8. The number of nitrogens with zero attached hydrogens (tertiary/aromatic N) is 1. The Hall–Kier alpha value is -0.730. The molecule has 0 aromatic carbocycles. The largest absolute Gasteiger partial charge is 0.394 e. The molecule has 7 nitrogen and oxygen atoms in total. The summed E-state index contributed by atoms with van der Waals surface area (Å²) in [5.41, 5.74) is 6.28. The number of carbonyl (C=O) groups is 1. The van der Waals surface area contributed by atoms with Crippen LogP contribution in [-0.4, -0.2) is 69.9 Å². The van der Waals surface area contributed by atoms with E-state index in [-0.39, 0.29) is 5.91 Å². The summed E-state index contributed by atoms with van der Waals surface area (Å²) in [4.78, 5) is 15.1. The lowest BCUT2D eigenvalue weighted by molar-refractivity contribution is -0.226. The van der Waals surface area contributed by atoms with Crippen molar-refractivity contribution in [2.24, 2.45) is 5.73 Å². The smallest absolute Gasteiger partial charge is 0.224 e. The highest BCUT2D eigenvalue weighted by atomic mass is 16.5. The molecule has 1 rings (SSSR count). The quantitative estimate of drug-likeness (QED) is 0.0565. The Morgan fingerprint density at radius 2 is 0.933 bits per heavy atom. The van der Waals surface area contributed by atoms with E-state index in [2.05, 4.69) is 13.8 Å². The van der Waals surface area contributed by atoms with Gasteiger partial charge in [-0.2, -0.15) is 0 Å². The fourth-order valence-corrected chi connectivity index (χ4v) is 6.71. The van der Waals surface area contributed by atoms with Crippen molar-refractivity contribution in [2.45, 2.75) is 224 Å². The number of hydrogen-bond acceptors (Lipinski definition) is 6. The molecule has 45 heavy (non-hydrogen) atoms. The monoisotopic (exact) mass is 641 g/mol. The van der Waals surface area contributed by atoms with Crippen molar-refractivity contribution in [3.05, 3.63) is 0 Å². The van der Waals surface area contributed by atoms with E-state index in [1.54, 1.807) is 4.90 Å². The molecule has 1 saturated heterocycles. The summed E-state index contributed by atoms with van der Waals surface area (Å²) in [5, 5.41) is 30.5. The molecule has 5 atom stereocenters. The van der Waals surface area contributed by atoms with Crippen molar-refractivity contribution in [1.29, 1.82) is 0 Å². The molecule has 0 saturated carbocycles. The van der Waals surface area contributed by atoms with Crippen molar-refractivity contribution >= 4 is 5.91 Å². The summed E-state index contributed by atoms with van der Waals surface area (Å²) in [5.74, 6) is -0.00602. The second kappa shape index (κ2) is 29.4. The van der Waals surface area contributed by atoms with Gasteiger partial charge in [0.1, 0.15) is 18.3 Å². The molecule has 5 N–H and O–H groups in total. The van der Waals surface area contributed by atoms with E-state index < -0.39 is 37.2 Å². The topological polar surface area (TPSA) is 116 Å². The highest BCUT2D eigenvalue weighted by Crippen LogP contribution is 2.24. The Labute approximate surface area is 278 Å². The molecule has 268 valence electrons. The minimum absolute atomic E-state index is 0.00602. The number of rotatable bonds is 31. The van der Waals surface area contributed by atoms with Crippen molar-refractivity contribution < 1.29 is 24.9 Å². The summed E-state index contributed by atoms with van der Waals surface area (Å²) >= 11 is 0. The SMILES string of the molecule is CCCCCCCCCCCCCCCCN(C(=O)CCCCCCCCCCCCCCC)C1O[C@H](CO)[C@@H](O)[C@H](O)[C@H]1N. The van der Waals surface area contributed by atoms with Crippen LogP contribution in [0, 0.1) is 0 Å². The van der Waals surface area contributed by atoms with E-state index in [1.807, 2.05) is 0 Å². The number of carbonyl (C=O) groups excluding carboxylic acids is 1. The fraction of sp³-hybridized carbons (Fsp3) is 0.974. The van der Waals surface area contributed by atoms with Crippen LogP contribution in [0.5, 0.6) is 0 Å². The molecular weight excluding hydrogens is 564 g/mol. The van der Waals surface area contributed by atoms with Gasteiger partial charge >= 0.3 is 0 Å². The molecule has 0 radical (unpaired) electrons. The Morgan fingerprint density at radius 1 is 0.578 bits per heavy atom. The van der Waals surface area contributed by atoms with E-state index in [9.17, 15) is 20.1 Å². The van der Waals surface area contributed by atoms with Crippen LogP contribution < -0.4 is 5.73 Å². The number of nitrogens with two attached hydrogens (primary N) is 1. The Kier molecular flexibility index (Phi) is 27.6. The van der Waals surface area contributed by atoms with Gasteiger partial charge in [-0.3, -0.25) is 4.79 Å². The molecule has 1 heterocycles. The Bertz CT molecular complexity index is 664. The summed E-state index contributed by atoms with van der Waals surface area (Å²) in [6.45, 7) is 4.62. The van der Waals surface area contributed by atoms with Crippen molar-refractivity contribution in [2.75, 3.05) is 13.2 Å². The van der Waals surface area contributed by atoms with Crippen LogP contribution in [-0.2, 0) is 9.53 Å². The summed E-state index contributed by atoms with van der Waals surface area (Å²) in [6.07, 6.45) is 30.3. The van der Waals surface area contributed by atoms with Gasteiger partial charge in [0.05, 0.1) is 12.6 Å². The second-order valence-electron chi connectivity index (χ2n) is 14.0. The van der Waals surface area contributed by atoms with Crippen molar-refractivity contribution in [3.63, 3.8) is 0 Å². The maximum Gasteiger partial charge on any atom is 0.224 e. The van der Waals surface area contributed by atoms with Crippen molar-refractivity contribution in [3.8, 4) is 0 Å². The molecule has 0 bridgehead atoms. The van der Waals surface area contributed by atoms with Gasteiger partial charge in [0.25, 0.3) is 0 Å². The van der Waals surface area contributed by atoms with E-state index in [1.165, 1.54) is 135 Å². The summed E-state index contributed by atoms with van der Waals surface area (Å²) < 4.78 is 5.92. The van der Waals surface area contributed by atoms with Gasteiger partial charge < -0.3 is 30.7 Å². The van der Waals surface area contributed by atoms with Crippen LogP contribution in [0.4, 0.5) is 0 Å². The van der Waals surface area contributed by atoms with Crippen LogP contribution in [0.25, 0.3) is 0 Å².